The highest BCUT2D eigenvalue weighted by Crippen LogP contribution is 2.32. The summed E-state index contributed by atoms with van der Waals surface area (Å²) in [5, 5.41) is 3.28. The van der Waals surface area contributed by atoms with Crippen LogP contribution in [0.25, 0.3) is 0 Å². The molecule has 27 heavy (non-hydrogen) atoms. The Morgan fingerprint density at radius 3 is 2.63 bits per heavy atom. The fourth-order valence-corrected chi connectivity index (χ4v) is 4.40. The van der Waals surface area contributed by atoms with Gasteiger partial charge in [0.15, 0.2) is 0 Å². The van der Waals surface area contributed by atoms with Gasteiger partial charge in [0.1, 0.15) is 5.54 Å². The molecule has 1 aromatic rings. The first kappa shape index (κ1) is 19.9. The van der Waals surface area contributed by atoms with Crippen LogP contribution in [0.3, 0.4) is 0 Å². The van der Waals surface area contributed by atoms with Gasteiger partial charge >= 0.3 is 0 Å². The number of benzene rings is 1. The minimum atomic E-state index is -0.856. The van der Waals surface area contributed by atoms with Crippen LogP contribution in [0.1, 0.15) is 67.8 Å². The summed E-state index contributed by atoms with van der Waals surface area (Å²) in [6.45, 7) is 3.01. The molecule has 0 bridgehead atoms. The molecule has 0 radical (unpaired) electrons. The lowest BCUT2D eigenvalue weighted by Crippen LogP contribution is -2.63. The highest BCUT2D eigenvalue weighted by atomic mass is 16.5. The summed E-state index contributed by atoms with van der Waals surface area (Å²) in [5.41, 5.74) is 0.824. The molecule has 0 saturated heterocycles. The van der Waals surface area contributed by atoms with Gasteiger partial charge in [-0.05, 0) is 37.8 Å². The highest BCUT2D eigenvalue weighted by molar-refractivity contribution is 6.02. The molecular weight excluding hydrogens is 340 g/mol. The first-order valence-electron chi connectivity index (χ1n) is 10.3. The van der Waals surface area contributed by atoms with Crippen molar-refractivity contribution < 1.29 is 14.3 Å². The van der Waals surface area contributed by atoms with Crippen LogP contribution in [0.4, 0.5) is 0 Å². The van der Waals surface area contributed by atoms with Gasteiger partial charge < -0.3 is 15.0 Å². The van der Waals surface area contributed by atoms with Crippen LogP contribution in [0, 0.1) is 0 Å². The van der Waals surface area contributed by atoms with E-state index in [-0.39, 0.29) is 17.9 Å². The summed E-state index contributed by atoms with van der Waals surface area (Å²) in [4.78, 5) is 28.3. The van der Waals surface area contributed by atoms with Crippen molar-refractivity contribution >= 4 is 11.8 Å². The number of fused-ring (bicyclic) bond motifs is 1. The summed E-state index contributed by atoms with van der Waals surface area (Å²) < 4.78 is 5.16. The molecule has 148 valence electrons. The SMILES string of the molecule is COCCCN1C(=O)c2ccccc2CC1(C)C(=O)NC1CCCCCC1. The van der Waals surface area contributed by atoms with Gasteiger partial charge in [0.05, 0.1) is 0 Å². The summed E-state index contributed by atoms with van der Waals surface area (Å²) in [5.74, 6) is -0.0684. The second-order valence-electron chi connectivity index (χ2n) is 8.07. The van der Waals surface area contributed by atoms with E-state index in [1.807, 2.05) is 31.2 Å². The van der Waals surface area contributed by atoms with Crippen molar-refractivity contribution in [3.8, 4) is 0 Å². The normalized spacial score (nSPS) is 23.6. The van der Waals surface area contributed by atoms with Gasteiger partial charge in [-0.3, -0.25) is 9.59 Å². The van der Waals surface area contributed by atoms with E-state index in [0.717, 1.165) is 30.4 Å². The smallest absolute Gasteiger partial charge is 0.255 e. The molecule has 1 aromatic carbocycles. The van der Waals surface area contributed by atoms with Crippen LogP contribution < -0.4 is 5.32 Å². The molecule has 0 aromatic heterocycles. The molecule has 2 aliphatic rings. The summed E-state index contributed by atoms with van der Waals surface area (Å²) in [6.07, 6.45) is 8.18. The van der Waals surface area contributed by atoms with Crippen LogP contribution in [-0.4, -0.2) is 48.6 Å². The van der Waals surface area contributed by atoms with E-state index in [9.17, 15) is 9.59 Å². The summed E-state index contributed by atoms with van der Waals surface area (Å²) in [7, 11) is 1.66. The molecule has 0 spiro atoms. The number of ether oxygens (including phenoxy) is 1. The van der Waals surface area contributed by atoms with E-state index in [2.05, 4.69) is 5.32 Å². The van der Waals surface area contributed by atoms with Gasteiger partial charge in [-0.1, -0.05) is 43.9 Å². The zero-order valence-electron chi connectivity index (χ0n) is 16.6. The molecule has 1 fully saturated rings. The minimum absolute atomic E-state index is 0.0188. The highest BCUT2D eigenvalue weighted by Gasteiger charge is 2.46. The molecule has 5 heteroatoms. The van der Waals surface area contributed by atoms with Crippen molar-refractivity contribution in [3.63, 3.8) is 0 Å². The van der Waals surface area contributed by atoms with E-state index >= 15 is 0 Å². The third kappa shape index (κ3) is 4.34. The fourth-order valence-electron chi connectivity index (χ4n) is 4.40. The second-order valence-corrected chi connectivity index (χ2v) is 8.07. The van der Waals surface area contributed by atoms with Gasteiger partial charge in [0.25, 0.3) is 5.91 Å². The first-order chi connectivity index (χ1) is 13.1. The van der Waals surface area contributed by atoms with Crippen LogP contribution in [0.15, 0.2) is 24.3 Å². The topological polar surface area (TPSA) is 58.6 Å². The summed E-state index contributed by atoms with van der Waals surface area (Å²) >= 11 is 0. The number of carbonyl (C=O) groups excluding carboxylic acids is 2. The number of nitrogens with zero attached hydrogens (tertiary/aromatic N) is 1. The minimum Gasteiger partial charge on any atom is -0.385 e. The zero-order chi connectivity index (χ0) is 19.3. The predicted octanol–water partition coefficient (Wildman–Crippen LogP) is 3.32. The Morgan fingerprint density at radius 1 is 1.22 bits per heavy atom. The van der Waals surface area contributed by atoms with Crippen molar-refractivity contribution in [3.05, 3.63) is 35.4 Å². The largest absolute Gasteiger partial charge is 0.385 e. The lowest BCUT2D eigenvalue weighted by atomic mass is 9.82. The maximum Gasteiger partial charge on any atom is 0.255 e. The lowest BCUT2D eigenvalue weighted by Gasteiger charge is -2.44. The molecular formula is C22H32N2O3. The number of methoxy groups -OCH3 is 1. The Bertz CT molecular complexity index is 667. The fraction of sp³-hybridized carbons (Fsp3) is 0.636. The van der Waals surface area contributed by atoms with Crippen LogP contribution in [0.2, 0.25) is 0 Å². The Morgan fingerprint density at radius 2 is 1.93 bits per heavy atom. The van der Waals surface area contributed by atoms with Crippen LogP contribution in [-0.2, 0) is 16.0 Å². The molecule has 3 rings (SSSR count). The monoisotopic (exact) mass is 372 g/mol. The van der Waals surface area contributed by atoms with Crippen LogP contribution >= 0.6 is 0 Å². The zero-order valence-corrected chi connectivity index (χ0v) is 16.6. The number of amides is 2. The van der Waals surface area contributed by atoms with Crippen molar-refractivity contribution in [1.29, 1.82) is 0 Å². The Labute approximate surface area is 162 Å². The number of hydrogen-bond acceptors (Lipinski definition) is 3. The van der Waals surface area contributed by atoms with Crippen molar-refractivity contribution in [2.24, 2.45) is 0 Å². The van der Waals surface area contributed by atoms with E-state index in [1.165, 1.54) is 25.7 Å². The van der Waals surface area contributed by atoms with Crippen molar-refractivity contribution in [1.82, 2.24) is 10.2 Å². The maximum absolute atomic E-state index is 13.4. The quantitative estimate of drug-likeness (QED) is 0.616. The molecule has 2 amide bonds. The van der Waals surface area contributed by atoms with Gasteiger partial charge in [0, 0.05) is 38.3 Å². The maximum atomic E-state index is 13.4. The number of hydrogen-bond donors (Lipinski definition) is 1. The van der Waals surface area contributed by atoms with E-state index in [1.54, 1.807) is 12.0 Å². The van der Waals surface area contributed by atoms with Crippen LogP contribution in [0.5, 0.6) is 0 Å². The molecule has 1 N–H and O–H groups in total. The molecule has 1 aliphatic carbocycles. The first-order valence-corrected chi connectivity index (χ1v) is 10.3. The number of carbonyl (C=O) groups is 2. The second kappa shape index (κ2) is 8.87. The van der Waals surface area contributed by atoms with E-state index < -0.39 is 5.54 Å². The molecule has 5 nitrogen and oxygen atoms in total. The Kier molecular flexibility index (Phi) is 6.53. The van der Waals surface area contributed by atoms with Gasteiger partial charge in [0.2, 0.25) is 5.91 Å². The Hall–Kier alpha value is -1.88. The predicted molar refractivity (Wildman–Crippen MR) is 106 cm³/mol. The number of nitrogens with one attached hydrogen (secondary N) is 1. The molecule has 1 unspecified atom stereocenters. The third-order valence-electron chi connectivity index (χ3n) is 6.03. The third-order valence-corrected chi connectivity index (χ3v) is 6.03. The average molecular weight is 373 g/mol. The van der Waals surface area contributed by atoms with E-state index in [0.29, 0.717) is 19.6 Å². The van der Waals surface area contributed by atoms with Crippen molar-refractivity contribution in [2.75, 3.05) is 20.3 Å². The Balaban J connectivity index is 1.83. The average Bonchev–Trinajstić information content (AvgIpc) is 2.93. The van der Waals surface area contributed by atoms with Gasteiger partial charge in [-0.2, -0.15) is 0 Å². The molecule has 1 saturated carbocycles. The number of rotatable bonds is 6. The van der Waals surface area contributed by atoms with Crippen molar-refractivity contribution in [2.45, 2.75) is 69.9 Å². The molecule has 1 atom stereocenters. The van der Waals surface area contributed by atoms with Gasteiger partial charge in [-0.25, -0.2) is 0 Å². The molecule has 1 aliphatic heterocycles. The molecule has 1 heterocycles. The standard InChI is InChI=1S/C22H32N2O3/c1-22(21(26)23-18-11-5-3-4-6-12-18)16-17-10-7-8-13-19(17)20(25)24(22)14-9-15-27-2/h7-8,10,13,18H,3-6,9,11-12,14-16H2,1-2H3,(H,23,26). The van der Waals surface area contributed by atoms with Gasteiger partial charge in [-0.15, -0.1) is 0 Å². The lowest BCUT2D eigenvalue weighted by molar-refractivity contribution is -0.132. The van der Waals surface area contributed by atoms with E-state index in [4.69, 9.17) is 4.74 Å². The summed E-state index contributed by atoms with van der Waals surface area (Å²) in [6, 6.07) is 7.89.